The van der Waals surface area contributed by atoms with Gasteiger partial charge in [-0.15, -0.1) is 0 Å². The van der Waals surface area contributed by atoms with E-state index in [1.54, 1.807) is 6.07 Å². The molecular formula is C13H12N4O3S. The van der Waals surface area contributed by atoms with E-state index in [2.05, 4.69) is 14.7 Å². The molecule has 1 saturated carbocycles. The Hall–Kier alpha value is -2.24. The Bertz CT molecular complexity index is 853. The average Bonchev–Trinajstić information content (AvgIpc) is 3.25. The number of nitrogens with zero attached hydrogens (tertiary/aromatic N) is 3. The van der Waals surface area contributed by atoms with E-state index in [9.17, 15) is 8.42 Å². The van der Waals surface area contributed by atoms with Gasteiger partial charge in [0.05, 0.1) is 29.0 Å². The first-order valence-electron chi connectivity index (χ1n) is 6.24. The lowest BCUT2D eigenvalue weighted by Gasteiger charge is -2.11. The summed E-state index contributed by atoms with van der Waals surface area (Å²) in [6.45, 7) is 0. The van der Waals surface area contributed by atoms with Crippen molar-refractivity contribution < 1.29 is 13.2 Å². The summed E-state index contributed by atoms with van der Waals surface area (Å²) in [5, 5.41) is 9.51. The largest absolute Gasteiger partial charge is 0.480 e. The van der Waals surface area contributed by atoms with Gasteiger partial charge in [-0.2, -0.15) is 9.98 Å². The van der Waals surface area contributed by atoms with Crippen LogP contribution >= 0.6 is 0 Å². The van der Waals surface area contributed by atoms with Gasteiger partial charge in [0.1, 0.15) is 11.9 Å². The number of hydrogen-bond acceptors (Lipinski definition) is 6. The molecule has 0 radical (unpaired) electrons. The van der Waals surface area contributed by atoms with Crippen LogP contribution in [0.4, 0.5) is 0 Å². The lowest BCUT2D eigenvalue weighted by atomic mass is 10.2. The number of rotatable bonds is 4. The maximum Gasteiger partial charge on any atom is 0.241 e. The molecule has 21 heavy (non-hydrogen) atoms. The minimum Gasteiger partial charge on any atom is -0.480 e. The molecule has 1 aromatic heterocycles. The van der Waals surface area contributed by atoms with Crippen molar-refractivity contribution in [2.45, 2.75) is 23.3 Å². The van der Waals surface area contributed by atoms with Crippen LogP contribution in [-0.4, -0.2) is 31.0 Å². The number of nitriles is 1. The third-order valence-electron chi connectivity index (χ3n) is 3.37. The van der Waals surface area contributed by atoms with E-state index < -0.39 is 15.6 Å². The average molecular weight is 304 g/mol. The highest BCUT2D eigenvalue weighted by atomic mass is 32.2. The van der Waals surface area contributed by atoms with E-state index in [0.717, 1.165) is 0 Å². The molecule has 0 spiro atoms. The van der Waals surface area contributed by atoms with Gasteiger partial charge >= 0.3 is 0 Å². The molecule has 1 aliphatic carbocycles. The van der Waals surface area contributed by atoms with Crippen LogP contribution in [0.5, 0.6) is 5.88 Å². The normalized spacial score (nSPS) is 16.4. The number of benzene rings is 1. The summed E-state index contributed by atoms with van der Waals surface area (Å²) < 4.78 is 32.2. The second-order valence-corrected chi connectivity index (χ2v) is 6.54. The Balaban J connectivity index is 2.07. The molecule has 1 aliphatic rings. The summed E-state index contributed by atoms with van der Waals surface area (Å²) >= 11 is 0. The van der Waals surface area contributed by atoms with Crippen molar-refractivity contribution in [1.82, 2.24) is 14.7 Å². The van der Waals surface area contributed by atoms with E-state index in [1.807, 2.05) is 6.07 Å². The van der Waals surface area contributed by atoms with E-state index in [4.69, 9.17) is 10.00 Å². The fraction of sp³-hybridized carbons (Fsp3) is 0.308. The monoisotopic (exact) mass is 304 g/mol. The third-order valence-corrected chi connectivity index (χ3v) is 4.90. The number of ether oxygens (including phenoxy) is 1. The van der Waals surface area contributed by atoms with Crippen LogP contribution < -0.4 is 9.46 Å². The zero-order valence-electron chi connectivity index (χ0n) is 11.2. The van der Waals surface area contributed by atoms with Crippen molar-refractivity contribution in [3.63, 3.8) is 0 Å². The van der Waals surface area contributed by atoms with Crippen LogP contribution in [0.15, 0.2) is 29.4 Å². The van der Waals surface area contributed by atoms with Crippen molar-refractivity contribution >= 4 is 20.9 Å². The molecule has 1 aromatic carbocycles. The first kappa shape index (κ1) is 13.7. The van der Waals surface area contributed by atoms with Crippen LogP contribution in [0.3, 0.4) is 0 Å². The highest BCUT2D eigenvalue weighted by molar-refractivity contribution is 7.89. The van der Waals surface area contributed by atoms with Gasteiger partial charge in [0.15, 0.2) is 0 Å². The van der Waals surface area contributed by atoms with Gasteiger partial charge in [0, 0.05) is 0 Å². The minimum atomic E-state index is -3.77. The van der Waals surface area contributed by atoms with E-state index in [-0.39, 0.29) is 4.90 Å². The van der Waals surface area contributed by atoms with E-state index >= 15 is 0 Å². The van der Waals surface area contributed by atoms with Crippen LogP contribution in [0.1, 0.15) is 12.8 Å². The standard InChI is InChI=1S/C13H12N4O3S/c1-20-12-10-6-9(2-3-11(10)15-8-16-12)21(18,19)17-13(7-14)4-5-13/h2-3,6,8,17H,4-5H2,1H3. The lowest BCUT2D eigenvalue weighted by molar-refractivity contribution is 0.402. The fourth-order valence-corrected chi connectivity index (χ4v) is 3.42. The van der Waals surface area contributed by atoms with Crippen LogP contribution in [-0.2, 0) is 10.0 Å². The number of aromatic nitrogens is 2. The lowest BCUT2D eigenvalue weighted by Crippen LogP contribution is -2.35. The maximum absolute atomic E-state index is 12.3. The summed E-state index contributed by atoms with van der Waals surface area (Å²) in [6, 6.07) is 6.48. The number of hydrogen-bond donors (Lipinski definition) is 1. The SMILES string of the molecule is COc1ncnc2ccc(S(=O)(=O)NC3(C#N)CC3)cc12. The van der Waals surface area contributed by atoms with Gasteiger partial charge in [-0.1, -0.05) is 0 Å². The molecule has 8 heteroatoms. The number of sulfonamides is 1. The van der Waals surface area contributed by atoms with Crippen molar-refractivity contribution in [2.75, 3.05) is 7.11 Å². The Labute approximate surface area is 121 Å². The maximum atomic E-state index is 12.3. The smallest absolute Gasteiger partial charge is 0.241 e. The molecule has 1 heterocycles. The summed E-state index contributed by atoms with van der Waals surface area (Å²) in [5.74, 6) is 0.304. The first-order valence-corrected chi connectivity index (χ1v) is 7.72. The van der Waals surface area contributed by atoms with Crippen LogP contribution in [0.25, 0.3) is 10.9 Å². The van der Waals surface area contributed by atoms with Crippen LogP contribution in [0, 0.1) is 11.3 Å². The summed E-state index contributed by atoms with van der Waals surface area (Å²) in [4.78, 5) is 8.07. The van der Waals surface area contributed by atoms with Crippen molar-refractivity contribution in [3.05, 3.63) is 24.5 Å². The van der Waals surface area contributed by atoms with Crippen molar-refractivity contribution in [3.8, 4) is 11.9 Å². The van der Waals surface area contributed by atoms with Gasteiger partial charge in [-0.25, -0.2) is 18.4 Å². The Morgan fingerprint density at radius 2 is 2.14 bits per heavy atom. The fourth-order valence-electron chi connectivity index (χ4n) is 2.02. The Morgan fingerprint density at radius 3 is 2.76 bits per heavy atom. The topological polar surface area (TPSA) is 105 Å². The molecule has 0 atom stereocenters. The predicted octanol–water partition coefficient (Wildman–Crippen LogP) is 0.973. The molecule has 7 nitrogen and oxygen atoms in total. The highest BCUT2D eigenvalue weighted by Crippen LogP contribution is 2.36. The molecule has 3 rings (SSSR count). The molecule has 0 saturated heterocycles. The van der Waals surface area contributed by atoms with E-state index in [0.29, 0.717) is 29.6 Å². The Kier molecular flexibility index (Phi) is 3.04. The third kappa shape index (κ3) is 2.41. The first-order chi connectivity index (χ1) is 10.00. The molecule has 1 fully saturated rings. The van der Waals surface area contributed by atoms with Gasteiger partial charge in [-0.3, -0.25) is 0 Å². The second kappa shape index (κ2) is 4.65. The molecule has 0 amide bonds. The van der Waals surface area contributed by atoms with Crippen molar-refractivity contribution in [2.24, 2.45) is 0 Å². The van der Waals surface area contributed by atoms with Gasteiger partial charge in [0.2, 0.25) is 15.9 Å². The summed E-state index contributed by atoms with van der Waals surface area (Å²) in [5.41, 5.74) is -0.368. The van der Waals surface area contributed by atoms with Gasteiger partial charge in [0.25, 0.3) is 0 Å². The zero-order valence-corrected chi connectivity index (χ0v) is 12.0. The molecule has 0 bridgehead atoms. The molecule has 0 aliphatic heterocycles. The molecule has 2 aromatic rings. The van der Waals surface area contributed by atoms with Crippen LogP contribution in [0.2, 0.25) is 0 Å². The molecule has 108 valence electrons. The van der Waals surface area contributed by atoms with E-state index in [1.165, 1.54) is 25.6 Å². The van der Waals surface area contributed by atoms with Gasteiger partial charge in [-0.05, 0) is 31.0 Å². The second-order valence-electron chi connectivity index (χ2n) is 4.86. The van der Waals surface area contributed by atoms with Gasteiger partial charge < -0.3 is 4.74 Å². The summed E-state index contributed by atoms with van der Waals surface area (Å²) in [6.07, 6.45) is 2.41. The number of methoxy groups -OCH3 is 1. The number of fused-ring (bicyclic) bond motifs is 1. The van der Waals surface area contributed by atoms with Crippen molar-refractivity contribution in [1.29, 1.82) is 5.26 Å². The predicted molar refractivity (Wildman–Crippen MR) is 74.0 cm³/mol. The summed E-state index contributed by atoms with van der Waals surface area (Å²) in [7, 11) is -2.31. The molecule has 1 N–H and O–H groups in total. The molecular weight excluding hydrogens is 292 g/mol. The zero-order chi connectivity index (χ0) is 15.1. The quantitative estimate of drug-likeness (QED) is 0.902. The molecule has 0 unspecified atom stereocenters. The Morgan fingerprint density at radius 1 is 1.38 bits per heavy atom. The highest BCUT2D eigenvalue weighted by Gasteiger charge is 2.46. The number of nitrogens with one attached hydrogen (secondary N) is 1. The minimum absolute atomic E-state index is 0.0598.